The van der Waals surface area contributed by atoms with Crippen LogP contribution in [0.5, 0.6) is 0 Å². The van der Waals surface area contributed by atoms with Gasteiger partial charge in [-0.05, 0) is 35.4 Å². The Hall–Kier alpha value is -1.16. The molecule has 1 aliphatic carbocycles. The van der Waals surface area contributed by atoms with E-state index in [0.29, 0.717) is 0 Å². The van der Waals surface area contributed by atoms with Gasteiger partial charge in [0.25, 0.3) is 0 Å². The second-order valence-corrected chi connectivity index (χ2v) is 5.78. The molecule has 0 fully saturated rings. The summed E-state index contributed by atoms with van der Waals surface area (Å²) >= 11 is 1.75. The van der Waals surface area contributed by atoms with Crippen LogP contribution in [0.2, 0.25) is 0 Å². The van der Waals surface area contributed by atoms with Crippen molar-refractivity contribution in [3.63, 3.8) is 0 Å². The molecule has 1 aromatic heterocycles. The number of nitrogens with one attached hydrogen (secondary N) is 1. The van der Waals surface area contributed by atoms with E-state index < -0.39 is 0 Å². The maximum atomic E-state index is 10.4. The van der Waals surface area contributed by atoms with Gasteiger partial charge in [0, 0.05) is 17.5 Å². The summed E-state index contributed by atoms with van der Waals surface area (Å²) in [5.74, 6) is 0. The topological polar surface area (TPSA) is 32.3 Å². The van der Waals surface area contributed by atoms with E-state index in [1.165, 1.54) is 10.4 Å². The van der Waals surface area contributed by atoms with Crippen LogP contribution in [0.1, 0.15) is 28.5 Å². The SMILES string of the molecule is O[C@H]1c2ccccc2CC[C@@H]1NCc1cccs1. The molecule has 0 saturated heterocycles. The number of rotatable bonds is 3. The van der Waals surface area contributed by atoms with Crippen molar-refractivity contribution in [2.45, 2.75) is 31.5 Å². The maximum Gasteiger partial charge on any atom is 0.0945 e. The molecule has 3 rings (SSSR count). The van der Waals surface area contributed by atoms with E-state index in [-0.39, 0.29) is 12.1 Å². The Balaban J connectivity index is 1.69. The Labute approximate surface area is 111 Å². The highest BCUT2D eigenvalue weighted by Crippen LogP contribution is 2.29. The molecule has 3 heteroatoms. The van der Waals surface area contributed by atoms with Crippen LogP contribution in [0, 0.1) is 0 Å². The molecule has 0 bridgehead atoms. The number of thiophene rings is 1. The van der Waals surface area contributed by atoms with Crippen molar-refractivity contribution in [2.24, 2.45) is 0 Å². The summed E-state index contributed by atoms with van der Waals surface area (Å²) in [5.41, 5.74) is 2.38. The summed E-state index contributed by atoms with van der Waals surface area (Å²) in [6, 6.07) is 12.6. The van der Waals surface area contributed by atoms with Crippen molar-refractivity contribution in [1.82, 2.24) is 5.32 Å². The first-order valence-corrected chi connectivity index (χ1v) is 7.24. The van der Waals surface area contributed by atoms with Crippen molar-refractivity contribution >= 4 is 11.3 Å². The molecule has 0 unspecified atom stereocenters. The highest BCUT2D eigenvalue weighted by molar-refractivity contribution is 7.09. The van der Waals surface area contributed by atoms with Crippen molar-refractivity contribution in [3.05, 3.63) is 57.8 Å². The Morgan fingerprint density at radius 2 is 2.11 bits per heavy atom. The third kappa shape index (κ3) is 2.34. The third-order valence-electron chi connectivity index (χ3n) is 3.60. The molecule has 94 valence electrons. The molecule has 1 aromatic carbocycles. The highest BCUT2D eigenvalue weighted by Gasteiger charge is 2.26. The number of aliphatic hydroxyl groups is 1. The number of fused-ring (bicyclic) bond motifs is 1. The van der Waals surface area contributed by atoms with Crippen LogP contribution in [0.15, 0.2) is 41.8 Å². The van der Waals surface area contributed by atoms with Crippen LogP contribution in [-0.2, 0) is 13.0 Å². The Kier molecular flexibility index (Phi) is 3.46. The lowest BCUT2D eigenvalue weighted by atomic mass is 9.86. The predicted octanol–water partition coefficient (Wildman–Crippen LogP) is 2.89. The zero-order valence-electron chi connectivity index (χ0n) is 10.2. The first-order chi connectivity index (χ1) is 8.84. The second kappa shape index (κ2) is 5.22. The third-order valence-corrected chi connectivity index (χ3v) is 4.47. The summed E-state index contributed by atoms with van der Waals surface area (Å²) in [4.78, 5) is 1.32. The fourth-order valence-electron chi connectivity index (χ4n) is 2.59. The first-order valence-electron chi connectivity index (χ1n) is 6.36. The van der Waals surface area contributed by atoms with Gasteiger partial charge in [-0.2, -0.15) is 0 Å². The molecule has 2 atom stereocenters. The number of benzene rings is 1. The molecule has 0 aliphatic heterocycles. The fraction of sp³-hybridized carbons (Fsp3) is 0.333. The minimum absolute atomic E-state index is 0.169. The molecule has 2 N–H and O–H groups in total. The van der Waals surface area contributed by atoms with Crippen molar-refractivity contribution in [1.29, 1.82) is 0 Å². The number of aliphatic hydroxyl groups excluding tert-OH is 1. The van der Waals surface area contributed by atoms with Gasteiger partial charge in [0.15, 0.2) is 0 Å². The van der Waals surface area contributed by atoms with E-state index in [1.807, 2.05) is 18.2 Å². The van der Waals surface area contributed by atoms with Gasteiger partial charge in [0.2, 0.25) is 0 Å². The summed E-state index contributed by atoms with van der Waals surface area (Å²) in [6.45, 7) is 0.849. The van der Waals surface area contributed by atoms with Gasteiger partial charge in [-0.25, -0.2) is 0 Å². The molecule has 0 amide bonds. The van der Waals surface area contributed by atoms with E-state index in [2.05, 4.69) is 28.9 Å². The predicted molar refractivity (Wildman–Crippen MR) is 74.7 cm³/mol. The molecule has 1 aliphatic rings. The minimum atomic E-state index is -0.380. The molecule has 2 nitrogen and oxygen atoms in total. The van der Waals surface area contributed by atoms with E-state index in [1.54, 1.807) is 11.3 Å². The molecular formula is C15H17NOS. The van der Waals surface area contributed by atoms with Gasteiger partial charge < -0.3 is 10.4 Å². The lowest BCUT2D eigenvalue weighted by Crippen LogP contribution is -2.37. The quantitative estimate of drug-likeness (QED) is 0.888. The molecule has 0 radical (unpaired) electrons. The average Bonchev–Trinajstić information content (AvgIpc) is 2.91. The van der Waals surface area contributed by atoms with Gasteiger partial charge in [-0.1, -0.05) is 30.3 Å². The Morgan fingerprint density at radius 3 is 2.94 bits per heavy atom. The normalized spacial score (nSPS) is 22.7. The lowest BCUT2D eigenvalue weighted by Gasteiger charge is -2.30. The van der Waals surface area contributed by atoms with Gasteiger partial charge >= 0.3 is 0 Å². The van der Waals surface area contributed by atoms with E-state index >= 15 is 0 Å². The fourth-order valence-corrected chi connectivity index (χ4v) is 3.25. The van der Waals surface area contributed by atoms with Crippen molar-refractivity contribution < 1.29 is 5.11 Å². The van der Waals surface area contributed by atoms with Crippen LogP contribution in [0.4, 0.5) is 0 Å². The Morgan fingerprint density at radius 1 is 1.22 bits per heavy atom. The molecular weight excluding hydrogens is 242 g/mol. The largest absolute Gasteiger partial charge is 0.387 e. The van der Waals surface area contributed by atoms with Gasteiger partial charge in [-0.3, -0.25) is 0 Å². The number of hydrogen-bond acceptors (Lipinski definition) is 3. The first kappa shape index (κ1) is 11.9. The molecule has 1 heterocycles. The zero-order valence-corrected chi connectivity index (χ0v) is 11.0. The zero-order chi connectivity index (χ0) is 12.4. The standard InChI is InChI=1S/C15H17NOS/c17-15-13-6-2-1-4-11(13)7-8-14(15)16-10-12-5-3-9-18-12/h1-6,9,14-17H,7-8,10H2/t14-,15-/m0/s1. The molecule has 0 saturated carbocycles. The van der Waals surface area contributed by atoms with Crippen LogP contribution in [-0.4, -0.2) is 11.1 Å². The van der Waals surface area contributed by atoms with Gasteiger partial charge in [0.05, 0.1) is 6.10 Å². The monoisotopic (exact) mass is 259 g/mol. The minimum Gasteiger partial charge on any atom is -0.387 e. The Bertz CT molecular complexity index is 509. The lowest BCUT2D eigenvalue weighted by molar-refractivity contribution is 0.114. The summed E-state index contributed by atoms with van der Waals surface area (Å²) in [6.07, 6.45) is 1.67. The van der Waals surface area contributed by atoms with E-state index in [4.69, 9.17) is 0 Å². The smallest absolute Gasteiger partial charge is 0.0945 e. The van der Waals surface area contributed by atoms with Crippen LogP contribution in [0.3, 0.4) is 0 Å². The average molecular weight is 259 g/mol. The van der Waals surface area contributed by atoms with Crippen LogP contribution >= 0.6 is 11.3 Å². The number of hydrogen-bond donors (Lipinski definition) is 2. The summed E-state index contributed by atoms with van der Waals surface area (Å²) < 4.78 is 0. The highest BCUT2D eigenvalue weighted by atomic mass is 32.1. The molecule has 18 heavy (non-hydrogen) atoms. The second-order valence-electron chi connectivity index (χ2n) is 4.75. The van der Waals surface area contributed by atoms with Crippen molar-refractivity contribution in [2.75, 3.05) is 0 Å². The summed E-state index contributed by atoms with van der Waals surface area (Å²) in [7, 11) is 0. The molecule has 2 aromatic rings. The van der Waals surface area contributed by atoms with Crippen LogP contribution in [0.25, 0.3) is 0 Å². The van der Waals surface area contributed by atoms with E-state index in [9.17, 15) is 5.11 Å². The number of aryl methyl sites for hydroxylation is 1. The molecule has 0 spiro atoms. The summed E-state index contributed by atoms with van der Waals surface area (Å²) in [5, 5.41) is 16.0. The van der Waals surface area contributed by atoms with Crippen LogP contribution < -0.4 is 5.32 Å². The van der Waals surface area contributed by atoms with E-state index in [0.717, 1.165) is 24.9 Å². The van der Waals surface area contributed by atoms with Crippen molar-refractivity contribution in [3.8, 4) is 0 Å². The maximum absolute atomic E-state index is 10.4. The van der Waals surface area contributed by atoms with Gasteiger partial charge in [0.1, 0.15) is 0 Å². The van der Waals surface area contributed by atoms with Gasteiger partial charge in [-0.15, -0.1) is 11.3 Å².